The van der Waals surface area contributed by atoms with E-state index in [1.54, 1.807) is 26.0 Å². The molecule has 0 bridgehead atoms. The highest BCUT2D eigenvalue weighted by Gasteiger charge is 2.49. The van der Waals surface area contributed by atoms with Gasteiger partial charge in [0.25, 0.3) is 5.91 Å². The molecule has 2 aliphatic heterocycles. The molecule has 1 saturated heterocycles. The van der Waals surface area contributed by atoms with Gasteiger partial charge in [-0.2, -0.15) is 5.06 Å². The molecule has 1 aromatic carbocycles. The molecular formula is C16H20NO6P. The van der Waals surface area contributed by atoms with E-state index in [0.29, 0.717) is 18.6 Å². The van der Waals surface area contributed by atoms with Crippen LogP contribution < -0.4 is 4.52 Å². The first-order chi connectivity index (χ1) is 11.4. The third-order valence-corrected chi connectivity index (χ3v) is 6.20. The third kappa shape index (κ3) is 3.19. The summed E-state index contributed by atoms with van der Waals surface area (Å²) in [5, 5.41) is 0.989. The lowest BCUT2D eigenvalue weighted by molar-refractivity contribution is -0.204. The number of carbonyl (C=O) groups is 2. The first-order valence-electron chi connectivity index (χ1n) is 7.95. The van der Waals surface area contributed by atoms with Gasteiger partial charge in [0.15, 0.2) is 5.66 Å². The zero-order chi connectivity index (χ0) is 17.3. The monoisotopic (exact) mass is 353 g/mol. The molecule has 2 atom stereocenters. The van der Waals surface area contributed by atoms with Crippen LogP contribution in [0.2, 0.25) is 0 Å². The van der Waals surface area contributed by atoms with E-state index < -0.39 is 25.1 Å². The first-order valence-corrected chi connectivity index (χ1v) is 9.57. The summed E-state index contributed by atoms with van der Waals surface area (Å²) in [5.41, 5.74) is -0.171. The molecule has 8 heteroatoms. The Morgan fingerprint density at radius 2 is 2.12 bits per heavy atom. The average Bonchev–Trinajstić information content (AvgIpc) is 2.56. The van der Waals surface area contributed by atoms with Crippen LogP contribution in [0.25, 0.3) is 0 Å². The lowest BCUT2D eigenvalue weighted by Crippen LogP contribution is -2.46. The topological polar surface area (TPSA) is 82.1 Å². The highest BCUT2D eigenvalue weighted by atomic mass is 31.2. The Balaban J connectivity index is 1.78. The van der Waals surface area contributed by atoms with Crippen LogP contribution in [0.15, 0.2) is 24.3 Å². The van der Waals surface area contributed by atoms with E-state index in [1.165, 1.54) is 0 Å². The van der Waals surface area contributed by atoms with E-state index in [4.69, 9.17) is 13.9 Å². The minimum absolute atomic E-state index is 0.128. The second-order valence-corrected chi connectivity index (χ2v) is 8.32. The van der Waals surface area contributed by atoms with Gasteiger partial charge in [-0.25, -0.2) is 9.36 Å². The molecule has 0 N–H and O–H groups in total. The maximum atomic E-state index is 13.1. The van der Waals surface area contributed by atoms with Crippen molar-refractivity contribution < 1.29 is 28.0 Å². The fourth-order valence-electron chi connectivity index (χ4n) is 2.61. The van der Waals surface area contributed by atoms with Crippen molar-refractivity contribution in [2.75, 3.05) is 6.54 Å². The van der Waals surface area contributed by atoms with Crippen molar-refractivity contribution in [2.24, 2.45) is 5.92 Å². The molecule has 2 heterocycles. The van der Waals surface area contributed by atoms with E-state index in [0.717, 1.165) is 10.6 Å². The van der Waals surface area contributed by atoms with Crippen LogP contribution in [0.5, 0.6) is 5.75 Å². The molecule has 0 aliphatic carbocycles. The highest BCUT2D eigenvalue weighted by molar-refractivity contribution is 7.56. The molecule has 2 aliphatic rings. The van der Waals surface area contributed by atoms with E-state index in [9.17, 15) is 14.2 Å². The van der Waals surface area contributed by atoms with Gasteiger partial charge in [-0.1, -0.05) is 32.0 Å². The SMILES string of the molecule is CC(C)C(=O)ON1CCCC(P2(=O)OCc3ccccc3O2)C1=O. The van der Waals surface area contributed by atoms with Gasteiger partial charge < -0.3 is 9.36 Å². The molecule has 3 rings (SSSR count). The maximum Gasteiger partial charge on any atom is 0.392 e. The van der Waals surface area contributed by atoms with Gasteiger partial charge in [-0.3, -0.25) is 9.32 Å². The number of amides is 1. The molecule has 1 fully saturated rings. The minimum Gasteiger partial charge on any atom is -0.423 e. The van der Waals surface area contributed by atoms with Gasteiger partial charge in [-0.05, 0) is 18.9 Å². The van der Waals surface area contributed by atoms with Gasteiger partial charge in [0.2, 0.25) is 0 Å². The molecule has 130 valence electrons. The van der Waals surface area contributed by atoms with Crippen molar-refractivity contribution in [1.82, 2.24) is 5.06 Å². The Kier molecular flexibility index (Phi) is 4.65. The van der Waals surface area contributed by atoms with Crippen molar-refractivity contribution in [3.8, 4) is 5.75 Å². The maximum absolute atomic E-state index is 13.1. The van der Waals surface area contributed by atoms with Crippen molar-refractivity contribution in [3.63, 3.8) is 0 Å². The second-order valence-electron chi connectivity index (χ2n) is 6.18. The molecule has 2 unspecified atom stereocenters. The van der Waals surface area contributed by atoms with Crippen molar-refractivity contribution in [2.45, 2.75) is 39.0 Å². The number of nitrogens with zero attached hydrogens (tertiary/aromatic N) is 1. The number of hydrogen-bond acceptors (Lipinski definition) is 6. The molecule has 7 nitrogen and oxygen atoms in total. The van der Waals surface area contributed by atoms with Crippen molar-refractivity contribution in [3.05, 3.63) is 29.8 Å². The Labute approximate surface area is 140 Å². The Morgan fingerprint density at radius 3 is 2.88 bits per heavy atom. The molecule has 1 amide bonds. The number of hydrogen-bond donors (Lipinski definition) is 0. The summed E-state index contributed by atoms with van der Waals surface area (Å²) in [6, 6.07) is 7.13. The van der Waals surface area contributed by atoms with E-state index >= 15 is 0 Å². The minimum atomic E-state index is -3.66. The number of piperidine rings is 1. The van der Waals surface area contributed by atoms with Crippen LogP contribution >= 0.6 is 7.60 Å². The number of fused-ring (bicyclic) bond motifs is 1. The Bertz CT molecular complexity index is 704. The molecule has 0 radical (unpaired) electrons. The van der Waals surface area contributed by atoms with Crippen LogP contribution in [-0.4, -0.2) is 29.1 Å². The zero-order valence-electron chi connectivity index (χ0n) is 13.6. The zero-order valence-corrected chi connectivity index (χ0v) is 14.5. The van der Waals surface area contributed by atoms with Crippen LogP contribution in [0.4, 0.5) is 0 Å². The summed E-state index contributed by atoms with van der Waals surface area (Å²) in [6.45, 7) is 3.77. The second kappa shape index (κ2) is 6.57. The number of benzene rings is 1. The summed E-state index contributed by atoms with van der Waals surface area (Å²) in [4.78, 5) is 29.5. The summed E-state index contributed by atoms with van der Waals surface area (Å²) in [6.07, 6.45) is 0.925. The normalized spacial score (nSPS) is 26.7. The van der Waals surface area contributed by atoms with Gasteiger partial charge in [0.1, 0.15) is 5.75 Å². The van der Waals surface area contributed by atoms with Crippen molar-refractivity contribution >= 4 is 19.5 Å². The van der Waals surface area contributed by atoms with E-state index in [2.05, 4.69) is 0 Å². The highest BCUT2D eigenvalue weighted by Crippen LogP contribution is 2.59. The fourth-order valence-corrected chi connectivity index (χ4v) is 4.64. The van der Waals surface area contributed by atoms with Gasteiger partial charge in [0, 0.05) is 5.56 Å². The lowest BCUT2D eigenvalue weighted by Gasteiger charge is -2.35. The smallest absolute Gasteiger partial charge is 0.392 e. The van der Waals surface area contributed by atoms with Gasteiger partial charge in [0.05, 0.1) is 19.1 Å². The fraction of sp³-hybridized carbons (Fsp3) is 0.500. The lowest BCUT2D eigenvalue weighted by atomic mass is 10.1. The third-order valence-electron chi connectivity index (χ3n) is 4.02. The molecule has 0 aromatic heterocycles. The number of carbonyl (C=O) groups excluding carboxylic acids is 2. The Hall–Kier alpha value is -1.85. The van der Waals surface area contributed by atoms with E-state index in [1.807, 2.05) is 12.1 Å². The van der Waals surface area contributed by atoms with Crippen LogP contribution in [-0.2, 0) is 30.1 Å². The quantitative estimate of drug-likeness (QED) is 0.777. The summed E-state index contributed by atoms with van der Waals surface area (Å²) < 4.78 is 24.1. The van der Waals surface area contributed by atoms with Crippen LogP contribution in [0, 0.1) is 5.92 Å². The van der Waals surface area contributed by atoms with E-state index in [-0.39, 0.29) is 19.1 Å². The number of hydroxylamine groups is 2. The summed E-state index contributed by atoms with van der Waals surface area (Å²) in [7, 11) is -3.66. The molecule has 1 aromatic rings. The van der Waals surface area contributed by atoms with Gasteiger partial charge >= 0.3 is 13.6 Å². The summed E-state index contributed by atoms with van der Waals surface area (Å²) >= 11 is 0. The predicted molar refractivity (Wildman–Crippen MR) is 85.1 cm³/mol. The van der Waals surface area contributed by atoms with Crippen LogP contribution in [0.1, 0.15) is 32.3 Å². The number of rotatable bonds is 3. The summed E-state index contributed by atoms with van der Waals surface area (Å²) in [5.74, 6) is -0.921. The Morgan fingerprint density at radius 1 is 1.38 bits per heavy atom. The molecule has 24 heavy (non-hydrogen) atoms. The molecule has 0 saturated carbocycles. The standard InChI is InChI=1S/C16H20NO6P/c1-11(2)16(19)22-17-9-5-8-14(15(17)18)24(20)21-10-12-6-3-4-7-13(12)23-24/h3-4,6-7,11,14H,5,8-10H2,1-2H3. The predicted octanol–water partition coefficient (Wildman–Crippen LogP) is 2.89. The molecule has 0 spiro atoms. The molecular weight excluding hydrogens is 333 g/mol. The van der Waals surface area contributed by atoms with Crippen LogP contribution in [0.3, 0.4) is 0 Å². The van der Waals surface area contributed by atoms with Gasteiger partial charge in [-0.15, -0.1) is 0 Å². The number of para-hydroxylation sites is 1. The average molecular weight is 353 g/mol. The van der Waals surface area contributed by atoms with Crippen molar-refractivity contribution in [1.29, 1.82) is 0 Å². The largest absolute Gasteiger partial charge is 0.423 e. The first kappa shape index (κ1) is 17.0.